The van der Waals surface area contributed by atoms with Gasteiger partial charge in [-0.1, -0.05) is 24.8 Å². The predicted octanol–water partition coefficient (Wildman–Crippen LogP) is 3.95. The van der Waals surface area contributed by atoms with Crippen LogP contribution in [0.1, 0.15) is 25.3 Å². The standard InChI is InChI=1S/C21H24F2N4O2S/c1-13-10-28-11-20(13)5-7-27(8-6-20)16-9-25-19(18(24)26-16)30-15-4-2-3-14-17(15)21(22,23)12-29-14/h2-4,9,13H,5-8,10-12H2,1H3,(H2,24,26). The van der Waals surface area contributed by atoms with Crippen molar-refractivity contribution in [3.63, 3.8) is 0 Å². The Balaban J connectivity index is 1.33. The molecule has 4 heterocycles. The van der Waals surface area contributed by atoms with Crippen LogP contribution >= 0.6 is 11.8 Å². The highest BCUT2D eigenvalue weighted by Gasteiger charge is 2.45. The number of alkyl halides is 2. The van der Waals surface area contributed by atoms with Gasteiger partial charge in [-0.15, -0.1) is 0 Å². The molecule has 160 valence electrons. The third-order valence-corrected chi connectivity index (χ3v) is 7.67. The number of halogens is 2. The number of nitrogens with two attached hydrogens (primary N) is 1. The molecule has 0 saturated carbocycles. The smallest absolute Gasteiger partial charge is 0.311 e. The second-order valence-electron chi connectivity index (χ2n) is 8.41. The van der Waals surface area contributed by atoms with Crippen LogP contribution in [0.3, 0.4) is 0 Å². The number of benzene rings is 1. The third-order valence-electron chi connectivity index (χ3n) is 6.61. The molecule has 30 heavy (non-hydrogen) atoms. The molecule has 0 amide bonds. The fourth-order valence-corrected chi connectivity index (χ4v) is 5.57. The Morgan fingerprint density at radius 3 is 2.73 bits per heavy atom. The zero-order chi connectivity index (χ0) is 20.9. The fourth-order valence-electron chi connectivity index (χ4n) is 4.61. The summed E-state index contributed by atoms with van der Waals surface area (Å²) in [6.45, 7) is 5.06. The number of rotatable bonds is 3. The van der Waals surface area contributed by atoms with Crippen LogP contribution in [0.4, 0.5) is 20.4 Å². The highest BCUT2D eigenvalue weighted by Crippen LogP contribution is 2.48. The minimum absolute atomic E-state index is 0.102. The average Bonchev–Trinajstić information content (AvgIpc) is 3.24. The van der Waals surface area contributed by atoms with Gasteiger partial charge in [-0.25, -0.2) is 9.97 Å². The maximum Gasteiger partial charge on any atom is 0.311 e. The molecule has 1 atom stereocenters. The predicted molar refractivity (Wildman–Crippen MR) is 110 cm³/mol. The maximum absolute atomic E-state index is 14.2. The van der Waals surface area contributed by atoms with E-state index in [1.54, 1.807) is 24.4 Å². The largest absolute Gasteiger partial charge is 0.486 e. The first-order valence-corrected chi connectivity index (χ1v) is 11.0. The number of hydrogen-bond donors (Lipinski definition) is 1. The van der Waals surface area contributed by atoms with Crippen molar-refractivity contribution in [3.8, 4) is 5.75 Å². The van der Waals surface area contributed by atoms with Gasteiger partial charge in [0.25, 0.3) is 0 Å². The van der Waals surface area contributed by atoms with Gasteiger partial charge in [-0.3, -0.25) is 0 Å². The normalized spacial score (nSPS) is 24.1. The van der Waals surface area contributed by atoms with Crippen molar-refractivity contribution in [2.45, 2.75) is 35.6 Å². The van der Waals surface area contributed by atoms with Gasteiger partial charge >= 0.3 is 5.92 Å². The molecule has 2 fully saturated rings. The summed E-state index contributed by atoms with van der Waals surface area (Å²) in [4.78, 5) is 11.6. The van der Waals surface area contributed by atoms with Gasteiger partial charge in [0.05, 0.1) is 18.4 Å². The first-order chi connectivity index (χ1) is 14.4. The van der Waals surface area contributed by atoms with Crippen molar-refractivity contribution >= 4 is 23.4 Å². The van der Waals surface area contributed by atoms with Crippen molar-refractivity contribution in [1.29, 1.82) is 0 Å². The summed E-state index contributed by atoms with van der Waals surface area (Å²) >= 11 is 1.10. The van der Waals surface area contributed by atoms with Crippen molar-refractivity contribution in [1.82, 2.24) is 9.97 Å². The van der Waals surface area contributed by atoms with E-state index in [1.807, 2.05) is 0 Å². The zero-order valence-corrected chi connectivity index (χ0v) is 17.6. The number of fused-ring (bicyclic) bond motifs is 1. The molecule has 5 rings (SSSR count). The van der Waals surface area contributed by atoms with Gasteiger partial charge in [0.15, 0.2) is 12.4 Å². The Labute approximate surface area is 178 Å². The highest BCUT2D eigenvalue weighted by molar-refractivity contribution is 7.99. The van der Waals surface area contributed by atoms with E-state index in [9.17, 15) is 8.78 Å². The Kier molecular flexibility index (Phi) is 4.77. The second kappa shape index (κ2) is 7.23. The van der Waals surface area contributed by atoms with Gasteiger partial charge in [0.2, 0.25) is 0 Å². The molecule has 1 spiro atoms. The van der Waals surface area contributed by atoms with Crippen molar-refractivity contribution in [2.75, 3.05) is 43.5 Å². The van der Waals surface area contributed by atoms with Crippen LogP contribution in [0.15, 0.2) is 34.3 Å². The first kappa shape index (κ1) is 19.8. The molecule has 1 aromatic heterocycles. The third kappa shape index (κ3) is 3.28. The summed E-state index contributed by atoms with van der Waals surface area (Å²) in [6, 6.07) is 4.88. The lowest BCUT2D eigenvalue weighted by molar-refractivity contribution is -0.0232. The van der Waals surface area contributed by atoms with Crippen molar-refractivity contribution in [2.24, 2.45) is 11.3 Å². The minimum Gasteiger partial charge on any atom is -0.486 e. The van der Waals surface area contributed by atoms with E-state index in [0.717, 1.165) is 56.7 Å². The SMILES string of the molecule is CC1COCC12CCN(c1cnc(Sc3cccc4c3C(F)(F)CO4)c(N)n1)CC2. The molecule has 0 aliphatic carbocycles. The summed E-state index contributed by atoms with van der Waals surface area (Å²) in [6.07, 6.45) is 3.79. The number of piperidine rings is 1. The van der Waals surface area contributed by atoms with Crippen LogP contribution in [0, 0.1) is 11.3 Å². The van der Waals surface area contributed by atoms with E-state index in [-0.39, 0.29) is 22.5 Å². The van der Waals surface area contributed by atoms with Gasteiger partial charge in [0.1, 0.15) is 16.6 Å². The lowest BCUT2D eigenvalue weighted by atomic mass is 9.72. The summed E-state index contributed by atoms with van der Waals surface area (Å²) in [5, 5.41) is 0.418. The lowest BCUT2D eigenvalue weighted by Crippen LogP contribution is -2.43. The molecule has 3 aliphatic rings. The zero-order valence-electron chi connectivity index (χ0n) is 16.7. The number of hydrogen-bond acceptors (Lipinski definition) is 7. The van der Waals surface area contributed by atoms with Crippen LogP contribution < -0.4 is 15.4 Å². The second-order valence-corrected chi connectivity index (χ2v) is 9.44. The fraction of sp³-hybridized carbons (Fsp3) is 0.524. The van der Waals surface area contributed by atoms with Crippen LogP contribution in [0.2, 0.25) is 0 Å². The van der Waals surface area contributed by atoms with Gasteiger partial charge < -0.3 is 20.1 Å². The summed E-state index contributed by atoms with van der Waals surface area (Å²) in [5.74, 6) is -1.27. The number of anilines is 2. The number of ether oxygens (including phenoxy) is 2. The van der Waals surface area contributed by atoms with E-state index >= 15 is 0 Å². The molecule has 2 N–H and O–H groups in total. The molecule has 9 heteroatoms. The van der Waals surface area contributed by atoms with Crippen molar-refractivity contribution in [3.05, 3.63) is 30.0 Å². The van der Waals surface area contributed by atoms with E-state index in [1.165, 1.54) is 0 Å². The molecule has 1 unspecified atom stereocenters. The topological polar surface area (TPSA) is 73.5 Å². The summed E-state index contributed by atoms with van der Waals surface area (Å²) in [7, 11) is 0. The molecule has 0 bridgehead atoms. The number of nitrogens with zero attached hydrogens (tertiary/aromatic N) is 3. The van der Waals surface area contributed by atoms with Crippen molar-refractivity contribution < 1.29 is 18.3 Å². The molecule has 1 aromatic carbocycles. The van der Waals surface area contributed by atoms with Crippen LogP contribution in [0.25, 0.3) is 0 Å². The molecule has 0 radical (unpaired) electrons. The lowest BCUT2D eigenvalue weighted by Gasteiger charge is -2.41. The summed E-state index contributed by atoms with van der Waals surface area (Å²) in [5.41, 5.74) is 6.33. The monoisotopic (exact) mass is 434 g/mol. The highest BCUT2D eigenvalue weighted by atomic mass is 32.2. The minimum atomic E-state index is -3.02. The molecular weight excluding hydrogens is 410 g/mol. The van der Waals surface area contributed by atoms with Crippen LogP contribution in [-0.4, -0.2) is 42.9 Å². The Morgan fingerprint density at radius 1 is 1.23 bits per heavy atom. The number of nitrogen functional groups attached to an aromatic ring is 1. The molecule has 2 saturated heterocycles. The Morgan fingerprint density at radius 2 is 2.03 bits per heavy atom. The molecular formula is C21H24F2N4O2S. The molecule has 3 aliphatic heterocycles. The molecule has 2 aromatic rings. The van der Waals surface area contributed by atoms with Crippen LogP contribution in [-0.2, 0) is 10.7 Å². The quantitative estimate of drug-likeness (QED) is 0.784. The first-order valence-electron chi connectivity index (χ1n) is 10.2. The average molecular weight is 435 g/mol. The molecule has 6 nitrogen and oxygen atoms in total. The van der Waals surface area contributed by atoms with E-state index in [0.29, 0.717) is 15.8 Å². The van der Waals surface area contributed by atoms with E-state index in [2.05, 4.69) is 21.8 Å². The van der Waals surface area contributed by atoms with Gasteiger partial charge in [0, 0.05) is 30.0 Å². The van der Waals surface area contributed by atoms with E-state index < -0.39 is 12.5 Å². The van der Waals surface area contributed by atoms with E-state index in [4.69, 9.17) is 15.2 Å². The van der Waals surface area contributed by atoms with Crippen LogP contribution in [0.5, 0.6) is 5.75 Å². The van der Waals surface area contributed by atoms with Gasteiger partial charge in [-0.05, 0) is 30.9 Å². The Hall–Kier alpha value is -2.13. The maximum atomic E-state index is 14.2. The Bertz CT molecular complexity index is 966. The number of aromatic nitrogens is 2. The van der Waals surface area contributed by atoms with Gasteiger partial charge in [-0.2, -0.15) is 8.78 Å². The summed E-state index contributed by atoms with van der Waals surface area (Å²) < 4.78 is 39.3.